The standard InChI is InChI=1S/C11H15IN2O2/c1-7(2)6-9(11(15)16)14-10-8(12)4-3-5-13-10/h3-5,7,9H,6H2,1-2H3,(H,13,14)(H,15,16)/t9-/m0/s1. The number of hydrogen-bond acceptors (Lipinski definition) is 3. The van der Waals surface area contributed by atoms with Gasteiger partial charge in [0.05, 0.1) is 3.57 Å². The monoisotopic (exact) mass is 334 g/mol. The van der Waals surface area contributed by atoms with Gasteiger partial charge >= 0.3 is 5.97 Å². The van der Waals surface area contributed by atoms with Gasteiger partial charge in [-0.25, -0.2) is 9.78 Å². The highest BCUT2D eigenvalue weighted by molar-refractivity contribution is 14.1. The number of rotatable bonds is 5. The zero-order valence-corrected chi connectivity index (χ0v) is 11.4. The molecule has 88 valence electrons. The third-order valence-corrected chi connectivity index (χ3v) is 2.95. The Morgan fingerprint density at radius 2 is 2.31 bits per heavy atom. The highest BCUT2D eigenvalue weighted by Gasteiger charge is 2.19. The van der Waals surface area contributed by atoms with Crippen LogP contribution in [0.3, 0.4) is 0 Å². The van der Waals surface area contributed by atoms with Gasteiger partial charge in [-0.1, -0.05) is 13.8 Å². The lowest BCUT2D eigenvalue weighted by Crippen LogP contribution is -2.31. The highest BCUT2D eigenvalue weighted by Crippen LogP contribution is 2.17. The molecule has 0 saturated heterocycles. The summed E-state index contributed by atoms with van der Waals surface area (Å²) in [6.07, 6.45) is 2.24. The normalized spacial score (nSPS) is 12.5. The smallest absolute Gasteiger partial charge is 0.326 e. The second-order valence-corrected chi connectivity index (χ2v) is 5.16. The number of aromatic nitrogens is 1. The first-order valence-electron chi connectivity index (χ1n) is 5.10. The molecule has 1 rings (SSSR count). The maximum atomic E-state index is 11.1. The minimum Gasteiger partial charge on any atom is -0.480 e. The number of carboxylic acids is 1. The minimum atomic E-state index is -0.838. The molecule has 1 atom stereocenters. The summed E-state index contributed by atoms with van der Waals surface area (Å²) in [5.74, 6) is 0.126. The van der Waals surface area contributed by atoms with Crippen molar-refractivity contribution in [3.05, 3.63) is 21.9 Å². The third-order valence-electron chi connectivity index (χ3n) is 2.07. The summed E-state index contributed by atoms with van der Waals surface area (Å²) in [4.78, 5) is 15.2. The molecule has 1 aromatic heterocycles. The lowest BCUT2D eigenvalue weighted by molar-refractivity contribution is -0.138. The van der Waals surface area contributed by atoms with Gasteiger partial charge in [-0.3, -0.25) is 0 Å². The molecule has 0 aliphatic heterocycles. The molecule has 16 heavy (non-hydrogen) atoms. The molecule has 0 unspecified atom stereocenters. The van der Waals surface area contributed by atoms with Crippen LogP contribution in [0.4, 0.5) is 5.82 Å². The van der Waals surface area contributed by atoms with Crippen molar-refractivity contribution < 1.29 is 9.90 Å². The zero-order valence-electron chi connectivity index (χ0n) is 9.27. The van der Waals surface area contributed by atoms with E-state index < -0.39 is 12.0 Å². The van der Waals surface area contributed by atoms with Crippen LogP contribution in [0, 0.1) is 9.49 Å². The maximum Gasteiger partial charge on any atom is 0.326 e. The van der Waals surface area contributed by atoms with E-state index in [2.05, 4.69) is 32.9 Å². The van der Waals surface area contributed by atoms with Crippen molar-refractivity contribution in [3.63, 3.8) is 0 Å². The largest absolute Gasteiger partial charge is 0.480 e. The fourth-order valence-electron chi connectivity index (χ4n) is 1.35. The molecule has 1 heterocycles. The molecular weight excluding hydrogens is 319 g/mol. The molecule has 0 saturated carbocycles. The van der Waals surface area contributed by atoms with Crippen LogP contribution in [0.15, 0.2) is 18.3 Å². The van der Waals surface area contributed by atoms with Crippen LogP contribution in [-0.4, -0.2) is 22.1 Å². The molecule has 0 radical (unpaired) electrons. The molecule has 0 bridgehead atoms. The first-order valence-corrected chi connectivity index (χ1v) is 6.18. The van der Waals surface area contributed by atoms with Gasteiger partial charge in [0.2, 0.25) is 0 Å². The summed E-state index contributed by atoms with van der Waals surface area (Å²) in [5.41, 5.74) is 0. The van der Waals surface area contributed by atoms with E-state index in [1.54, 1.807) is 6.20 Å². The topological polar surface area (TPSA) is 62.2 Å². The predicted octanol–water partition coefficient (Wildman–Crippen LogP) is 2.60. The Kier molecular flexibility index (Phi) is 4.98. The fraction of sp³-hybridized carbons (Fsp3) is 0.455. The van der Waals surface area contributed by atoms with Crippen molar-refractivity contribution in [1.29, 1.82) is 0 Å². The van der Waals surface area contributed by atoms with E-state index in [0.717, 1.165) is 3.57 Å². The Hall–Kier alpha value is -0.850. The van der Waals surface area contributed by atoms with Gasteiger partial charge in [-0.2, -0.15) is 0 Å². The number of carbonyl (C=O) groups is 1. The Morgan fingerprint density at radius 3 is 2.81 bits per heavy atom. The second kappa shape index (κ2) is 6.03. The number of pyridine rings is 1. The van der Waals surface area contributed by atoms with Crippen LogP contribution in [0.5, 0.6) is 0 Å². The summed E-state index contributed by atoms with van der Waals surface area (Å²) in [5, 5.41) is 12.0. The van der Waals surface area contributed by atoms with Crippen LogP contribution in [-0.2, 0) is 4.79 Å². The van der Waals surface area contributed by atoms with E-state index in [9.17, 15) is 4.79 Å². The Labute approximate surface area is 109 Å². The molecule has 4 nitrogen and oxygen atoms in total. The Morgan fingerprint density at radius 1 is 1.62 bits per heavy atom. The van der Waals surface area contributed by atoms with E-state index in [0.29, 0.717) is 18.2 Å². The number of halogens is 1. The van der Waals surface area contributed by atoms with Crippen LogP contribution in [0.2, 0.25) is 0 Å². The molecule has 0 fully saturated rings. The molecular formula is C11H15IN2O2. The van der Waals surface area contributed by atoms with Gasteiger partial charge in [-0.15, -0.1) is 0 Å². The van der Waals surface area contributed by atoms with E-state index in [1.807, 2.05) is 26.0 Å². The number of anilines is 1. The molecule has 2 N–H and O–H groups in total. The number of carboxylic acid groups (broad SMARTS) is 1. The third kappa shape index (κ3) is 3.96. The molecule has 0 aliphatic carbocycles. The summed E-state index contributed by atoms with van der Waals surface area (Å²) < 4.78 is 0.926. The van der Waals surface area contributed by atoms with Crippen molar-refractivity contribution in [3.8, 4) is 0 Å². The van der Waals surface area contributed by atoms with Gasteiger partial charge in [-0.05, 0) is 47.1 Å². The van der Waals surface area contributed by atoms with Crippen molar-refractivity contribution >= 4 is 34.4 Å². The molecule has 0 aromatic carbocycles. The summed E-state index contributed by atoms with van der Waals surface area (Å²) in [6.45, 7) is 4.00. The van der Waals surface area contributed by atoms with E-state index in [1.165, 1.54) is 0 Å². The van der Waals surface area contributed by atoms with E-state index in [4.69, 9.17) is 5.11 Å². The van der Waals surface area contributed by atoms with Gasteiger partial charge in [0.15, 0.2) is 0 Å². The number of aliphatic carboxylic acids is 1. The summed E-state index contributed by atoms with van der Waals surface area (Å²) in [6, 6.07) is 3.14. The van der Waals surface area contributed by atoms with E-state index >= 15 is 0 Å². The Balaban J connectivity index is 2.76. The first-order chi connectivity index (χ1) is 7.50. The molecule has 1 aromatic rings. The van der Waals surface area contributed by atoms with Crippen molar-refractivity contribution in [1.82, 2.24) is 4.98 Å². The lowest BCUT2D eigenvalue weighted by atomic mass is 10.0. The van der Waals surface area contributed by atoms with Crippen LogP contribution < -0.4 is 5.32 Å². The fourth-order valence-corrected chi connectivity index (χ4v) is 1.85. The zero-order chi connectivity index (χ0) is 12.1. The highest BCUT2D eigenvalue weighted by atomic mass is 127. The average Bonchev–Trinajstić information content (AvgIpc) is 2.19. The molecule has 5 heteroatoms. The van der Waals surface area contributed by atoms with Gasteiger partial charge < -0.3 is 10.4 Å². The first kappa shape index (κ1) is 13.2. The minimum absolute atomic E-state index is 0.329. The quantitative estimate of drug-likeness (QED) is 0.813. The van der Waals surface area contributed by atoms with E-state index in [-0.39, 0.29) is 0 Å². The molecule has 0 aliphatic rings. The number of nitrogens with one attached hydrogen (secondary N) is 1. The van der Waals surface area contributed by atoms with Gasteiger partial charge in [0.1, 0.15) is 11.9 Å². The SMILES string of the molecule is CC(C)C[C@H](Nc1ncccc1I)C(=O)O. The van der Waals surface area contributed by atoms with Gasteiger partial charge in [0.25, 0.3) is 0 Å². The van der Waals surface area contributed by atoms with Crippen molar-refractivity contribution in [2.24, 2.45) is 5.92 Å². The average molecular weight is 334 g/mol. The number of nitrogens with zero attached hydrogens (tertiary/aromatic N) is 1. The summed E-state index contributed by atoms with van der Waals surface area (Å²) in [7, 11) is 0. The van der Waals surface area contributed by atoms with Crippen molar-refractivity contribution in [2.45, 2.75) is 26.3 Å². The maximum absolute atomic E-state index is 11.1. The van der Waals surface area contributed by atoms with Gasteiger partial charge in [0, 0.05) is 6.20 Å². The van der Waals surface area contributed by atoms with Crippen molar-refractivity contribution in [2.75, 3.05) is 5.32 Å². The Bertz CT molecular complexity index is 369. The van der Waals surface area contributed by atoms with Crippen LogP contribution in [0.25, 0.3) is 0 Å². The lowest BCUT2D eigenvalue weighted by Gasteiger charge is -2.17. The molecule has 0 spiro atoms. The second-order valence-electron chi connectivity index (χ2n) is 4.00. The predicted molar refractivity (Wildman–Crippen MR) is 71.5 cm³/mol. The molecule has 0 amide bonds. The van der Waals surface area contributed by atoms with Crippen LogP contribution in [0.1, 0.15) is 20.3 Å². The number of hydrogen-bond donors (Lipinski definition) is 2. The van der Waals surface area contributed by atoms with Crippen LogP contribution >= 0.6 is 22.6 Å². The summed E-state index contributed by atoms with van der Waals surface area (Å²) >= 11 is 2.13.